The van der Waals surface area contributed by atoms with E-state index in [1.165, 1.54) is 0 Å². The predicted octanol–water partition coefficient (Wildman–Crippen LogP) is 5.65. The van der Waals surface area contributed by atoms with Gasteiger partial charge in [0.05, 0.1) is 6.10 Å². The molecule has 1 aromatic rings. The Labute approximate surface area is 159 Å². The standard InChI is InChI=1S/C22H37NO3/c1-9-11-25-22(8,14-15(3)4)21(24)23-19-12-16(5)20(17(6)13-19)26-18(7)10-2/h12-13,15,18H,9-11,14H2,1-8H3,(H,23,24)/t18-,22+/m0/s1. The third-order valence-electron chi connectivity index (χ3n) is 4.51. The smallest absolute Gasteiger partial charge is 0.256 e. The van der Waals surface area contributed by atoms with E-state index in [1.54, 1.807) is 0 Å². The van der Waals surface area contributed by atoms with Crippen LogP contribution in [0.2, 0.25) is 0 Å². The molecule has 148 valence electrons. The van der Waals surface area contributed by atoms with Gasteiger partial charge in [-0.1, -0.05) is 27.7 Å². The molecule has 26 heavy (non-hydrogen) atoms. The molecule has 0 spiro atoms. The lowest BCUT2D eigenvalue weighted by molar-refractivity contribution is -0.141. The summed E-state index contributed by atoms with van der Waals surface area (Å²) in [6.45, 7) is 16.9. The summed E-state index contributed by atoms with van der Waals surface area (Å²) in [5, 5.41) is 3.05. The summed E-state index contributed by atoms with van der Waals surface area (Å²) in [6.07, 6.45) is 2.71. The number of amides is 1. The predicted molar refractivity (Wildman–Crippen MR) is 109 cm³/mol. The molecule has 0 aromatic heterocycles. The maximum absolute atomic E-state index is 12.9. The van der Waals surface area contributed by atoms with Gasteiger partial charge in [0.15, 0.2) is 0 Å². The summed E-state index contributed by atoms with van der Waals surface area (Å²) in [6, 6.07) is 3.94. The first-order valence-corrected chi connectivity index (χ1v) is 9.86. The first-order valence-electron chi connectivity index (χ1n) is 9.86. The molecule has 1 N–H and O–H groups in total. The maximum Gasteiger partial charge on any atom is 0.256 e. The molecule has 0 aliphatic rings. The van der Waals surface area contributed by atoms with Gasteiger partial charge < -0.3 is 14.8 Å². The third-order valence-corrected chi connectivity index (χ3v) is 4.51. The first-order chi connectivity index (χ1) is 12.1. The Morgan fingerprint density at radius 3 is 2.19 bits per heavy atom. The molecule has 1 amide bonds. The molecule has 0 saturated carbocycles. The van der Waals surface area contributed by atoms with Crippen molar-refractivity contribution in [3.63, 3.8) is 0 Å². The van der Waals surface area contributed by atoms with Crippen molar-refractivity contribution in [3.05, 3.63) is 23.3 Å². The molecular weight excluding hydrogens is 326 g/mol. The van der Waals surface area contributed by atoms with Crippen molar-refractivity contribution < 1.29 is 14.3 Å². The number of carbonyl (C=O) groups is 1. The van der Waals surface area contributed by atoms with Crippen molar-refractivity contribution in [1.82, 2.24) is 0 Å². The monoisotopic (exact) mass is 363 g/mol. The number of carbonyl (C=O) groups excluding carboxylic acids is 1. The van der Waals surface area contributed by atoms with Gasteiger partial charge >= 0.3 is 0 Å². The van der Waals surface area contributed by atoms with Gasteiger partial charge in [0, 0.05) is 12.3 Å². The highest BCUT2D eigenvalue weighted by molar-refractivity contribution is 5.97. The molecule has 4 heteroatoms. The molecule has 0 radical (unpaired) electrons. The number of hydrogen-bond acceptors (Lipinski definition) is 3. The molecule has 0 heterocycles. The number of benzene rings is 1. The van der Waals surface area contributed by atoms with Crippen LogP contribution in [-0.2, 0) is 9.53 Å². The van der Waals surface area contributed by atoms with E-state index in [9.17, 15) is 4.79 Å². The highest BCUT2D eigenvalue weighted by Gasteiger charge is 2.35. The number of hydrogen-bond donors (Lipinski definition) is 1. The van der Waals surface area contributed by atoms with Crippen LogP contribution >= 0.6 is 0 Å². The number of anilines is 1. The van der Waals surface area contributed by atoms with Crippen LogP contribution in [0.25, 0.3) is 0 Å². The Kier molecular flexibility index (Phi) is 8.61. The highest BCUT2D eigenvalue weighted by Crippen LogP contribution is 2.30. The second kappa shape index (κ2) is 9.96. The van der Waals surface area contributed by atoms with Gasteiger partial charge in [-0.05, 0) is 76.1 Å². The molecule has 0 aliphatic carbocycles. The molecule has 1 aromatic carbocycles. The number of aryl methyl sites for hydroxylation is 2. The van der Waals surface area contributed by atoms with Gasteiger partial charge in [-0.2, -0.15) is 0 Å². The normalized spacial score (nSPS) is 14.8. The lowest BCUT2D eigenvalue weighted by Crippen LogP contribution is -2.44. The van der Waals surface area contributed by atoms with E-state index in [-0.39, 0.29) is 12.0 Å². The molecule has 0 bridgehead atoms. The van der Waals surface area contributed by atoms with Crippen LogP contribution < -0.4 is 10.1 Å². The Balaban J connectivity index is 2.99. The summed E-state index contributed by atoms with van der Waals surface area (Å²) >= 11 is 0. The zero-order valence-corrected chi connectivity index (χ0v) is 17.9. The molecule has 0 aliphatic heterocycles. The second-order valence-electron chi connectivity index (χ2n) is 7.91. The van der Waals surface area contributed by atoms with E-state index >= 15 is 0 Å². The molecule has 2 atom stereocenters. The Bertz CT molecular complexity index is 574. The van der Waals surface area contributed by atoms with E-state index in [4.69, 9.17) is 9.47 Å². The van der Waals surface area contributed by atoms with Crippen LogP contribution in [-0.4, -0.2) is 24.2 Å². The number of nitrogens with one attached hydrogen (secondary N) is 1. The summed E-state index contributed by atoms with van der Waals surface area (Å²) in [5.74, 6) is 1.19. The Hall–Kier alpha value is -1.55. The van der Waals surface area contributed by atoms with Gasteiger partial charge in [0.2, 0.25) is 0 Å². The lowest BCUT2D eigenvalue weighted by Gasteiger charge is -2.30. The Morgan fingerprint density at radius 1 is 1.15 bits per heavy atom. The van der Waals surface area contributed by atoms with Crippen LogP contribution in [0, 0.1) is 19.8 Å². The van der Waals surface area contributed by atoms with Crippen molar-refractivity contribution in [2.24, 2.45) is 5.92 Å². The summed E-state index contributed by atoms with van der Waals surface area (Å²) < 4.78 is 12.0. The van der Waals surface area contributed by atoms with E-state index < -0.39 is 5.60 Å². The van der Waals surface area contributed by atoms with E-state index in [1.807, 2.05) is 32.9 Å². The minimum Gasteiger partial charge on any atom is -0.490 e. The maximum atomic E-state index is 12.9. The highest BCUT2D eigenvalue weighted by atomic mass is 16.5. The minimum absolute atomic E-state index is 0.0888. The molecule has 0 fully saturated rings. The van der Waals surface area contributed by atoms with Crippen LogP contribution in [0.5, 0.6) is 5.75 Å². The summed E-state index contributed by atoms with van der Waals surface area (Å²) in [7, 11) is 0. The van der Waals surface area contributed by atoms with Crippen LogP contribution in [0.3, 0.4) is 0 Å². The topological polar surface area (TPSA) is 47.6 Å². The van der Waals surface area contributed by atoms with Gasteiger partial charge in [0.25, 0.3) is 5.91 Å². The SMILES string of the molecule is CCCO[C@](C)(CC(C)C)C(=O)Nc1cc(C)c(O[C@@H](C)CC)c(C)c1. The zero-order valence-electron chi connectivity index (χ0n) is 17.9. The summed E-state index contributed by atoms with van der Waals surface area (Å²) in [4.78, 5) is 12.9. The quantitative estimate of drug-likeness (QED) is 0.584. The van der Waals surface area contributed by atoms with Crippen LogP contribution in [0.1, 0.15) is 71.9 Å². The largest absolute Gasteiger partial charge is 0.490 e. The zero-order chi connectivity index (χ0) is 19.9. The van der Waals surface area contributed by atoms with Crippen molar-refractivity contribution >= 4 is 11.6 Å². The van der Waals surface area contributed by atoms with Crippen LogP contribution in [0.15, 0.2) is 12.1 Å². The first kappa shape index (κ1) is 22.5. The van der Waals surface area contributed by atoms with Gasteiger partial charge in [-0.3, -0.25) is 4.79 Å². The average Bonchev–Trinajstić information content (AvgIpc) is 2.55. The van der Waals surface area contributed by atoms with Crippen molar-refractivity contribution in [2.75, 3.05) is 11.9 Å². The van der Waals surface area contributed by atoms with Crippen molar-refractivity contribution in [2.45, 2.75) is 86.4 Å². The number of rotatable bonds is 10. The lowest BCUT2D eigenvalue weighted by atomic mass is 9.92. The number of ether oxygens (including phenoxy) is 2. The fraction of sp³-hybridized carbons (Fsp3) is 0.682. The fourth-order valence-corrected chi connectivity index (χ4v) is 3.08. The van der Waals surface area contributed by atoms with Crippen LogP contribution in [0.4, 0.5) is 5.69 Å². The second-order valence-corrected chi connectivity index (χ2v) is 7.91. The minimum atomic E-state index is -0.822. The van der Waals surface area contributed by atoms with Crippen molar-refractivity contribution in [1.29, 1.82) is 0 Å². The van der Waals surface area contributed by atoms with Crippen molar-refractivity contribution in [3.8, 4) is 5.75 Å². The molecular formula is C22H37NO3. The third kappa shape index (κ3) is 6.31. The van der Waals surface area contributed by atoms with E-state index in [2.05, 4.69) is 39.9 Å². The van der Waals surface area contributed by atoms with E-state index in [0.717, 1.165) is 35.4 Å². The summed E-state index contributed by atoms with van der Waals surface area (Å²) in [5.41, 5.74) is 2.02. The van der Waals surface area contributed by atoms with Gasteiger partial charge in [-0.15, -0.1) is 0 Å². The molecule has 0 unspecified atom stereocenters. The van der Waals surface area contributed by atoms with Gasteiger partial charge in [0.1, 0.15) is 11.4 Å². The fourth-order valence-electron chi connectivity index (χ4n) is 3.08. The molecule has 1 rings (SSSR count). The van der Waals surface area contributed by atoms with E-state index in [0.29, 0.717) is 18.9 Å². The van der Waals surface area contributed by atoms with Gasteiger partial charge in [-0.25, -0.2) is 0 Å². The Morgan fingerprint density at radius 2 is 1.73 bits per heavy atom. The molecule has 4 nitrogen and oxygen atoms in total. The average molecular weight is 364 g/mol. The molecule has 0 saturated heterocycles.